The van der Waals surface area contributed by atoms with Gasteiger partial charge in [-0.15, -0.1) is 0 Å². The van der Waals surface area contributed by atoms with Crippen LogP contribution in [0.15, 0.2) is 0 Å². The van der Waals surface area contributed by atoms with Crippen molar-refractivity contribution in [2.45, 2.75) is 25.9 Å². The van der Waals surface area contributed by atoms with Gasteiger partial charge in [-0.2, -0.15) is 13.2 Å². The predicted molar refractivity (Wildman–Crippen MR) is 68.8 cm³/mol. The summed E-state index contributed by atoms with van der Waals surface area (Å²) in [6.07, 6.45) is -4.01. The molecule has 0 rings (SSSR count). The zero-order chi connectivity index (χ0) is 15.9. The molecular weight excluding hydrogens is 275 g/mol. The number of nitrogens with zero attached hydrogens (tertiary/aromatic N) is 2. The number of hydrogen-bond donors (Lipinski definition) is 1. The van der Waals surface area contributed by atoms with Gasteiger partial charge in [-0.05, 0) is 12.5 Å². The summed E-state index contributed by atoms with van der Waals surface area (Å²) in [5.74, 6) is -1.43. The van der Waals surface area contributed by atoms with Gasteiger partial charge in [-0.3, -0.25) is 9.59 Å². The minimum absolute atomic E-state index is 0.0796. The molecule has 0 aromatic heterocycles. The van der Waals surface area contributed by atoms with Gasteiger partial charge in [0.1, 0.15) is 13.1 Å². The summed E-state index contributed by atoms with van der Waals surface area (Å²) in [5.41, 5.74) is 5.44. The van der Waals surface area contributed by atoms with Crippen molar-refractivity contribution in [1.29, 1.82) is 0 Å². The Labute approximate surface area is 116 Å². The first kappa shape index (κ1) is 18.7. The molecule has 0 saturated heterocycles. The lowest BCUT2D eigenvalue weighted by atomic mass is 10.0. The molecule has 0 aliphatic heterocycles. The maximum atomic E-state index is 12.5. The second-order valence-electron chi connectivity index (χ2n) is 4.87. The average Bonchev–Trinajstić information content (AvgIpc) is 2.32. The van der Waals surface area contributed by atoms with E-state index in [0.29, 0.717) is 11.3 Å². The summed E-state index contributed by atoms with van der Waals surface area (Å²) in [5, 5.41) is 0. The van der Waals surface area contributed by atoms with Crippen LogP contribution in [0.1, 0.15) is 19.8 Å². The van der Waals surface area contributed by atoms with Crippen molar-refractivity contribution >= 4 is 11.8 Å². The van der Waals surface area contributed by atoms with E-state index in [1.807, 2.05) is 6.92 Å². The fourth-order valence-corrected chi connectivity index (χ4v) is 1.52. The zero-order valence-electron chi connectivity index (χ0n) is 12.0. The van der Waals surface area contributed by atoms with Crippen LogP contribution < -0.4 is 5.73 Å². The maximum absolute atomic E-state index is 12.5. The normalized spacial score (nSPS) is 12.9. The largest absolute Gasteiger partial charge is 0.406 e. The molecule has 0 bridgehead atoms. The highest BCUT2D eigenvalue weighted by molar-refractivity contribution is 5.84. The van der Waals surface area contributed by atoms with Crippen molar-refractivity contribution in [3.63, 3.8) is 0 Å². The van der Waals surface area contributed by atoms with Gasteiger partial charge in [0.15, 0.2) is 0 Å². The third-order valence-electron chi connectivity index (χ3n) is 2.92. The fraction of sp³-hybridized carbons (Fsp3) is 0.833. The van der Waals surface area contributed by atoms with Crippen LogP contribution in [0.5, 0.6) is 0 Å². The van der Waals surface area contributed by atoms with Gasteiger partial charge in [0.25, 0.3) is 0 Å². The van der Waals surface area contributed by atoms with Crippen LogP contribution in [0.4, 0.5) is 13.2 Å². The lowest BCUT2D eigenvalue weighted by molar-refractivity contribution is -0.164. The van der Waals surface area contributed by atoms with Gasteiger partial charge in [-0.25, -0.2) is 0 Å². The molecule has 0 heterocycles. The molecule has 2 amide bonds. The third kappa shape index (κ3) is 7.32. The number of rotatable bonds is 7. The Balaban J connectivity index is 4.83. The van der Waals surface area contributed by atoms with Crippen molar-refractivity contribution < 1.29 is 22.8 Å². The number of nitrogens with two attached hydrogens (primary N) is 1. The Bertz CT molecular complexity index is 328. The molecule has 0 radical (unpaired) electrons. The Hall–Kier alpha value is -1.31. The summed E-state index contributed by atoms with van der Waals surface area (Å²) in [6.45, 7) is 0.0341. The van der Waals surface area contributed by atoms with Crippen molar-refractivity contribution in [3.8, 4) is 0 Å². The van der Waals surface area contributed by atoms with Crippen LogP contribution in [0, 0.1) is 5.92 Å². The monoisotopic (exact) mass is 297 g/mol. The van der Waals surface area contributed by atoms with Crippen LogP contribution in [0.3, 0.4) is 0 Å². The van der Waals surface area contributed by atoms with E-state index < -0.39 is 31.1 Å². The quantitative estimate of drug-likeness (QED) is 0.757. The third-order valence-corrected chi connectivity index (χ3v) is 2.92. The molecule has 118 valence electrons. The van der Waals surface area contributed by atoms with E-state index in [2.05, 4.69) is 0 Å². The van der Waals surface area contributed by atoms with Crippen LogP contribution in [0.2, 0.25) is 0 Å². The summed E-state index contributed by atoms with van der Waals surface area (Å²) in [6, 6.07) is 0. The van der Waals surface area contributed by atoms with Gasteiger partial charge >= 0.3 is 6.18 Å². The lowest BCUT2D eigenvalue weighted by Gasteiger charge is -2.26. The van der Waals surface area contributed by atoms with E-state index in [0.717, 1.165) is 4.90 Å². The SMILES string of the molecule is CCC(CN)CC(=O)N(CC(=O)N(C)C)CC(F)(F)F. The highest BCUT2D eigenvalue weighted by atomic mass is 19.4. The van der Waals surface area contributed by atoms with Crippen molar-refractivity contribution in [2.75, 3.05) is 33.7 Å². The Kier molecular flexibility index (Phi) is 7.55. The topological polar surface area (TPSA) is 66.6 Å². The van der Waals surface area contributed by atoms with E-state index in [9.17, 15) is 22.8 Å². The highest BCUT2D eigenvalue weighted by Gasteiger charge is 2.34. The standard InChI is InChI=1S/C12H22F3N3O2/c1-4-9(6-16)5-10(19)18(8-12(13,14)15)7-11(20)17(2)3/h9H,4-8,16H2,1-3H3. The first-order valence-corrected chi connectivity index (χ1v) is 6.35. The molecule has 0 aromatic rings. The molecule has 2 N–H and O–H groups in total. The van der Waals surface area contributed by atoms with E-state index in [4.69, 9.17) is 5.73 Å². The van der Waals surface area contributed by atoms with Crippen molar-refractivity contribution in [2.24, 2.45) is 11.7 Å². The van der Waals surface area contributed by atoms with E-state index in [-0.39, 0.29) is 18.9 Å². The smallest absolute Gasteiger partial charge is 0.347 e. The highest BCUT2D eigenvalue weighted by Crippen LogP contribution is 2.18. The average molecular weight is 297 g/mol. The molecule has 0 saturated carbocycles. The number of likely N-dealkylation sites (N-methyl/N-ethyl adjacent to an activating group) is 1. The van der Waals surface area contributed by atoms with E-state index >= 15 is 0 Å². The van der Waals surface area contributed by atoms with Gasteiger partial charge in [0.05, 0.1) is 0 Å². The maximum Gasteiger partial charge on any atom is 0.406 e. The summed E-state index contributed by atoms with van der Waals surface area (Å²) in [4.78, 5) is 25.1. The first-order valence-electron chi connectivity index (χ1n) is 6.35. The number of amides is 2. The zero-order valence-corrected chi connectivity index (χ0v) is 12.0. The van der Waals surface area contributed by atoms with Crippen LogP contribution in [-0.2, 0) is 9.59 Å². The van der Waals surface area contributed by atoms with Gasteiger partial charge < -0.3 is 15.5 Å². The molecule has 5 nitrogen and oxygen atoms in total. The Morgan fingerprint density at radius 2 is 1.75 bits per heavy atom. The van der Waals surface area contributed by atoms with Crippen LogP contribution >= 0.6 is 0 Å². The molecule has 1 atom stereocenters. The first-order chi connectivity index (χ1) is 9.10. The van der Waals surface area contributed by atoms with Crippen LogP contribution in [0.25, 0.3) is 0 Å². The number of alkyl halides is 3. The summed E-state index contributed by atoms with van der Waals surface area (Å²) in [7, 11) is 2.85. The molecule has 0 aliphatic carbocycles. The fourth-order valence-electron chi connectivity index (χ4n) is 1.52. The molecule has 20 heavy (non-hydrogen) atoms. The Morgan fingerprint density at radius 3 is 2.10 bits per heavy atom. The summed E-state index contributed by atoms with van der Waals surface area (Å²) >= 11 is 0. The van der Waals surface area contributed by atoms with Gasteiger partial charge in [-0.1, -0.05) is 13.3 Å². The number of carbonyl (C=O) groups excluding carboxylic acids is 2. The molecule has 1 unspecified atom stereocenters. The lowest BCUT2D eigenvalue weighted by Crippen LogP contribution is -2.45. The summed E-state index contributed by atoms with van der Waals surface area (Å²) < 4.78 is 37.4. The Morgan fingerprint density at radius 1 is 1.20 bits per heavy atom. The van der Waals surface area contributed by atoms with Gasteiger partial charge in [0, 0.05) is 20.5 Å². The minimum Gasteiger partial charge on any atom is -0.347 e. The molecule has 8 heteroatoms. The van der Waals surface area contributed by atoms with E-state index in [1.165, 1.54) is 14.1 Å². The second kappa shape index (κ2) is 8.08. The number of hydrogen-bond acceptors (Lipinski definition) is 3. The molecular formula is C12H22F3N3O2. The number of carbonyl (C=O) groups is 2. The second-order valence-corrected chi connectivity index (χ2v) is 4.87. The minimum atomic E-state index is -4.54. The number of halogens is 3. The van der Waals surface area contributed by atoms with Gasteiger partial charge in [0.2, 0.25) is 11.8 Å². The van der Waals surface area contributed by atoms with Crippen molar-refractivity contribution in [3.05, 3.63) is 0 Å². The molecule has 0 spiro atoms. The van der Waals surface area contributed by atoms with Crippen LogP contribution in [-0.4, -0.2) is 61.5 Å². The predicted octanol–water partition coefficient (Wildman–Crippen LogP) is 0.841. The van der Waals surface area contributed by atoms with E-state index in [1.54, 1.807) is 0 Å². The molecule has 0 aliphatic rings. The van der Waals surface area contributed by atoms with Crippen molar-refractivity contribution in [1.82, 2.24) is 9.80 Å². The molecule has 0 aromatic carbocycles. The molecule has 0 fully saturated rings.